The van der Waals surface area contributed by atoms with Crippen LogP contribution in [0.2, 0.25) is 0 Å². The van der Waals surface area contributed by atoms with Gasteiger partial charge in [0.15, 0.2) is 30.6 Å². The predicted molar refractivity (Wildman–Crippen MR) is 229 cm³/mol. The molecule has 0 aliphatic heterocycles. The van der Waals surface area contributed by atoms with Gasteiger partial charge in [-0.05, 0) is 109 Å². The maximum Gasteiger partial charge on any atom is 0.340 e. The van der Waals surface area contributed by atoms with Gasteiger partial charge in [-0.1, -0.05) is 23.4 Å². The molecule has 0 heterocycles. The highest BCUT2D eigenvalue weighted by molar-refractivity contribution is 9.09. The quantitative estimate of drug-likeness (QED) is 0.0359. The van der Waals surface area contributed by atoms with Crippen molar-refractivity contribution in [2.24, 2.45) is 0 Å². The molecule has 0 aliphatic rings. The summed E-state index contributed by atoms with van der Waals surface area (Å²) in [6.45, 7) is -0.954. The molecule has 320 valence electrons. The topological polar surface area (TPSA) is 258 Å². The summed E-state index contributed by atoms with van der Waals surface area (Å²) in [5, 5.41) is 17.5. The number of hydrogen-bond donors (Lipinski definition) is 4. The van der Waals surface area contributed by atoms with E-state index < -0.39 is 48.7 Å². The summed E-state index contributed by atoms with van der Waals surface area (Å²) in [5.74, 6) is -2.67. The number of carbonyl (C=O) groups excluding carboxylic acids is 5. The Morgan fingerprint density at radius 1 is 0.475 bits per heavy atom. The SMILES string of the molecule is C.COc1ccc(C(=O)CBr)cc1.COc1ccc(C(=O)COC(=O)c2ccc(C(=O)OCC(=O)c3ccc(OC)cc3)c(N)c2)cc1.Nc1cc(C(=O)O)ccc1C(=O)O. The molecule has 0 aromatic heterocycles. The molecule has 0 unspecified atom stereocenters. The summed E-state index contributed by atoms with van der Waals surface area (Å²) in [5.41, 5.74) is 12.5. The summed E-state index contributed by atoms with van der Waals surface area (Å²) < 4.78 is 25.1. The van der Waals surface area contributed by atoms with Gasteiger partial charge in [-0.15, -0.1) is 0 Å². The molecule has 61 heavy (non-hydrogen) atoms. The van der Waals surface area contributed by atoms with Crippen molar-refractivity contribution in [3.63, 3.8) is 0 Å². The van der Waals surface area contributed by atoms with E-state index in [9.17, 15) is 33.6 Å². The Balaban J connectivity index is 0.000000401. The number of carboxylic acids is 2. The van der Waals surface area contributed by atoms with Crippen LogP contribution >= 0.6 is 15.9 Å². The largest absolute Gasteiger partial charge is 0.497 e. The maximum atomic E-state index is 12.4. The molecule has 0 atom stereocenters. The smallest absolute Gasteiger partial charge is 0.340 e. The van der Waals surface area contributed by atoms with Gasteiger partial charge in [-0.2, -0.15) is 0 Å². The van der Waals surface area contributed by atoms with Gasteiger partial charge in [0.05, 0.1) is 48.9 Å². The molecule has 0 amide bonds. The van der Waals surface area contributed by atoms with Crippen LogP contribution in [0.15, 0.2) is 109 Å². The Hall–Kier alpha value is -7.53. The van der Waals surface area contributed by atoms with Crippen LogP contribution in [0.1, 0.15) is 79.9 Å². The van der Waals surface area contributed by atoms with Gasteiger partial charge in [0.25, 0.3) is 0 Å². The predicted octanol–water partition coefficient (Wildman–Crippen LogP) is 6.94. The first-order valence-electron chi connectivity index (χ1n) is 17.3. The van der Waals surface area contributed by atoms with Crippen molar-refractivity contribution in [2.45, 2.75) is 7.43 Å². The monoisotopic (exact) mass is 902 g/mol. The number of alkyl halides is 1. The lowest BCUT2D eigenvalue weighted by Crippen LogP contribution is -2.17. The first-order valence-corrected chi connectivity index (χ1v) is 18.4. The van der Waals surface area contributed by atoms with Gasteiger partial charge in [0, 0.05) is 28.1 Å². The van der Waals surface area contributed by atoms with E-state index in [1.165, 1.54) is 44.6 Å². The molecule has 0 radical (unpaired) electrons. The fourth-order valence-corrected chi connectivity index (χ4v) is 5.09. The van der Waals surface area contributed by atoms with Crippen LogP contribution < -0.4 is 25.7 Å². The number of nitrogen functional groups attached to an aromatic ring is 2. The molecule has 5 aromatic rings. The first-order chi connectivity index (χ1) is 28.6. The summed E-state index contributed by atoms with van der Waals surface area (Å²) in [4.78, 5) is 81.1. The third-order valence-corrected chi connectivity index (χ3v) is 8.57. The Morgan fingerprint density at radius 3 is 1.18 bits per heavy atom. The molecule has 0 spiro atoms. The number of esters is 2. The number of ketones is 3. The van der Waals surface area contributed by atoms with E-state index in [-0.39, 0.29) is 46.8 Å². The van der Waals surface area contributed by atoms with Gasteiger partial charge in [0.1, 0.15) is 17.2 Å². The molecule has 0 aliphatic carbocycles. The molecule has 0 fully saturated rings. The van der Waals surface area contributed by atoms with Gasteiger partial charge < -0.3 is 45.4 Å². The molecule has 6 N–H and O–H groups in total. The number of carboxylic acid groups (broad SMARTS) is 2. The van der Waals surface area contributed by atoms with Crippen LogP contribution in [0.4, 0.5) is 11.4 Å². The number of ether oxygens (including phenoxy) is 5. The number of halogens is 1. The summed E-state index contributed by atoms with van der Waals surface area (Å²) in [6, 6.07) is 27.1. The van der Waals surface area contributed by atoms with E-state index in [0.29, 0.717) is 33.5 Å². The van der Waals surface area contributed by atoms with Crippen molar-refractivity contribution in [2.75, 3.05) is 51.3 Å². The van der Waals surface area contributed by atoms with Crippen molar-refractivity contribution in [3.8, 4) is 17.2 Å². The zero-order chi connectivity index (χ0) is 44.4. The van der Waals surface area contributed by atoms with Crippen molar-refractivity contribution >= 4 is 68.5 Å². The van der Waals surface area contributed by atoms with Crippen LogP contribution in [0.25, 0.3) is 0 Å². The van der Waals surface area contributed by atoms with Crippen molar-refractivity contribution in [1.29, 1.82) is 0 Å². The zero-order valence-corrected chi connectivity index (χ0v) is 33.9. The van der Waals surface area contributed by atoms with Crippen molar-refractivity contribution in [3.05, 3.63) is 148 Å². The Morgan fingerprint density at radius 2 is 0.820 bits per heavy atom. The van der Waals surface area contributed by atoms with E-state index in [1.807, 2.05) is 0 Å². The van der Waals surface area contributed by atoms with E-state index in [4.69, 9.17) is 45.4 Å². The minimum atomic E-state index is -1.17. The van der Waals surface area contributed by atoms with Crippen molar-refractivity contribution < 1.29 is 67.5 Å². The second-order valence-corrected chi connectivity index (χ2v) is 12.5. The molecule has 5 rings (SSSR count). The molecule has 0 saturated heterocycles. The number of rotatable bonds is 15. The highest BCUT2D eigenvalue weighted by Gasteiger charge is 2.18. The maximum absolute atomic E-state index is 12.4. The molecular weight excluding hydrogens is 860 g/mol. The van der Waals surface area contributed by atoms with E-state index >= 15 is 0 Å². The molecule has 0 bridgehead atoms. The highest BCUT2D eigenvalue weighted by Crippen LogP contribution is 2.19. The number of benzene rings is 5. The van der Waals surface area contributed by atoms with Gasteiger partial charge in [0.2, 0.25) is 0 Å². The van der Waals surface area contributed by atoms with Gasteiger partial charge >= 0.3 is 23.9 Å². The number of aromatic carboxylic acids is 2. The lowest BCUT2D eigenvalue weighted by Gasteiger charge is -2.09. The minimum Gasteiger partial charge on any atom is -0.497 e. The average molecular weight is 904 g/mol. The van der Waals surface area contributed by atoms with Crippen LogP contribution in [0.5, 0.6) is 17.2 Å². The first kappa shape index (κ1) is 49.6. The standard InChI is InChI=1S/C26H23NO8.C9H9BrO2.C8H7NO4.CH4/c1-32-19-8-3-16(4-9-19)23(28)14-34-25(30)18-7-12-21(22(27)13-18)26(31)35-15-24(29)17-5-10-20(33-2)11-6-17;1-12-8-4-2-7(3-5-8)9(11)6-10;9-6-3-4(7(10)11)1-2-5(6)8(12)13;/h3-13H,14-15,27H2,1-2H3;2-5H,6H2,1H3;1-3H,9H2,(H,10,11)(H,12,13);1H4. The molecule has 17 heteroatoms. The molecule has 16 nitrogen and oxygen atoms in total. The number of anilines is 2. The second kappa shape index (κ2) is 24.4. The molecular formula is C44H43BrN2O14. The van der Waals surface area contributed by atoms with Crippen LogP contribution in [-0.4, -0.2) is 91.3 Å². The summed E-state index contributed by atoms with van der Waals surface area (Å²) in [6.07, 6.45) is 0. The van der Waals surface area contributed by atoms with Gasteiger partial charge in [-0.25, -0.2) is 19.2 Å². The summed E-state index contributed by atoms with van der Waals surface area (Å²) >= 11 is 3.11. The second-order valence-electron chi connectivity index (χ2n) is 12.0. The number of Topliss-reactive ketones (excluding diaryl/α,β-unsaturated/α-hetero) is 3. The Bertz CT molecular complexity index is 2330. The van der Waals surface area contributed by atoms with Crippen LogP contribution in [0.3, 0.4) is 0 Å². The Kier molecular flexibility index (Phi) is 19.8. The highest BCUT2D eigenvalue weighted by atomic mass is 79.9. The van der Waals surface area contributed by atoms with E-state index in [1.54, 1.807) is 79.9 Å². The number of nitrogens with two attached hydrogens (primary N) is 2. The van der Waals surface area contributed by atoms with Gasteiger partial charge in [-0.3, -0.25) is 14.4 Å². The van der Waals surface area contributed by atoms with E-state index in [2.05, 4.69) is 15.9 Å². The minimum absolute atomic E-state index is 0. The number of hydrogen-bond acceptors (Lipinski definition) is 14. The normalized spacial score (nSPS) is 9.77. The number of carbonyl (C=O) groups is 7. The average Bonchev–Trinajstić information content (AvgIpc) is 3.27. The third kappa shape index (κ3) is 15.0. The number of methoxy groups -OCH3 is 3. The third-order valence-electron chi connectivity index (χ3n) is 8.06. The molecule has 0 saturated carbocycles. The summed E-state index contributed by atoms with van der Waals surface area (Å²) in [7, 11) is 4.62. The lowest BCUT2D eigenvalue weighted by molar-refractivity contribution is 0.0468. The zero-order valence-electron chi connectivity index (χ0n) is 32.3. The van der Waals surface area contributed by atoms with E-state index in [0.717, 1.165) is 11.8 Å². The fourth-order valence-electron chi connectivity index (χ4n) is 4.76. The molecule has 5 aromatic carbocycles. The Labute approximate surface area is 359 Å². The fraction of sp³-hybridized carbons (Fsp3) is 0.159. The van der Waals surface area contributed by atoms with Crippen LogP contribution in [-0.2, 0) is 9.47 Å². The lowest BCUT2D eigenvalue weighted by atomic mass is 10.1. The van der Waals surface area contributed by atoms with Crippen molar-refractivity contribution in [1.82, 2.24) is 0 Å². The van der Waals surface area contributed by atoms with Crippen LogP contribution in [0, 0.1) is 0 Å².